The van der Waals surface area contributed by atoms with Gasteiger partial charge in [0.2, 0.25) is 12.2 Å². The van der Waals surface area contributed by atoms with Crippen molar-refractivity contribution in [3.05, 3.63) is 205 Å². The molecule has 0 fully saturated rings. The number of benzene rings is 7. The number of hydrogen-bond acceptors (Lipinski definition) is 3. The van der Waals surface area contributed by atoms with E-state index in [4.69, 9.17) is 14.8 Å². The van der Waals surface area contributed by atoms with Crippen LogP contribution in [0.2, 0.25) is 0 Å². The van der Waals surface area contributed by atoms with E-state index < -0.39 is 0 Å². The minimum atomic E-state index is -0.0969. The summed E-state index contributed by atoms with van der Waals surface area (Å²) in [7, 11) is 0. The van der Waals surface area contributed by atoms with Gasteiger partial charge in [-0.05, 0) is 103 Å². The molecule has 3 heterocycles. The summed E-state index contributed by atoms with van der Waals surface area (Å²) in [6, 6.07) is 62.0. The molecular formula is C61H57N5O. The molecule has 3 aromatic heterocycles. The predicted molar refractivity (Wildman–Crippen MR) is 275 cm³/mol. The first-order chi connectivity index (χ1) is 32.1. The Morgan fingerprint density at radius 2 is 1.06 bits per heavy atom. The van der Waals surface area contributed by atoms with E-state index in [1.54, 1.807) is 0 Å². The third-order valence-electron chi connectivity index (χ3n) is 12.7. The van der Waals surface area contributed by atoms with Gasteiger partial charge in [-0.2, -0.15) is 4.68 Å². The van der Waals surface area contributed by atoms with E-state index >= 15 is 0 Å². The number of pyridine rings is 1. The zero-order chi connectivity index (χ0) is 46.7. The predicted octanol–water partition coefficient (Wildman–Crippen LogP) is 15.1. The van der Waals surface area contributed by atoms with Crippen LogP contribution < -0.4 is 9.30 Å². The van der Waals surface area contributed by atoms with Gasteiger partial charge in [0.05, 0.1) is 16.7 Å². The Labute approximate surface area is 394 Å². The number of nitrogens with zero attached hydrogens (tertiary/aromatic N) is 5. The van der Waals surface area contributed by atoms with Gasteiger partial charge >= 0.3 is 0 Å². The second-order valence-electron chi connectivity index (χ2n) is 20.7. The molecule has 332 valence electrons. The smallest absolute Gasteiger partial charge is 0.231 e. The minimum absolute atomic E-state index is 0.0247. The molecule has 7 aromatic carbocycles. The molecule has 10 rings (SSSR count). The van der Waals surface area contributed by atoms with Crippen LogP contribution in [0.15, 0.2) is 182 Å². The second-order valence-corrected chi connectivity index (χ2v) is 20.7. The van der Waals surface area contributed by atoms with Crippen molar-refractivity contribution < 1.29 is 9.30 Å². The molecule has 0 aliphatic rings. The van der Waals surface area contributed by atoms with Gasteiger partial charge in [-0.1, -0.05) is 190 Å². The molecule has 6 nitrogen and oxygen atoms in total. The Bertz CT molecular complexity index is 3340. The quantitative estimate of drug-likeness (QED) is 0.113. The standard InChI is InChI=1S/C61H57N5O/c1-59(2,3)44-32-33-62-56(37-44)66-54-29-17-16-26-52(54)53-31-30-49(39-55(53)66)67-48-25-18-24-47(38-48)65-40-64(58(63-65)43-34-45(60(4,5)6)36-46(35-43)61(7,8)9)57-50(41-20-12-10-13-21-41)27-19-28-51(57)42-22-14-11-15-23-42/h10-39H,1-9H3. The topological polar surface area (TPSA) is 48.8 Å². The summed E-state index contributed by atoms with van der Waals surface area (Å²) in [5.41, 5.74) is 12.8. The molecule has 0 radical (unpaired) electrons. The van der Waals surface area contributed by atoms with Crippen molar-refractivity contribution in [3.63, 3.8) is 0 Å². The van der Waals surface area contributed by atoms with Crippen LogP contribution in [-0.2, 0) is 16.2 Å². The highest BCUT2D eigenvalue weighted by Crippen LogP contribution is 2.39. The van der Waals surface area contributed by atoms with Crippen molar-refractivity contribution in [2.24, 2.45) is 0 Å². The van der Waals surface area contributed by atoms with Gasteiger partial charge in [0.1, 0.15) is 17.3 Å². The largest absolute Gasteiger partial charge is 0.458 e. The van der Waals surface area contributed by atoms with E-state index in [0.29, 0.717) is 5.75 Å². The average molecular weight is 876 g/mol. The Kier molecular flexibility index (Phi) is 10.8. The summed E-state index contributed by atoms with van der Waals surface area (Å²) >= 11 is 0. The number of hydrogen-bond donors (Lipinski definition) is 0. The molecule has 0 amide bonds. The van der Waals surface area contributed by atoms with Crippen LogP contribution in [0.25, 0.3) is 72.6 Å². The van der Waals surface area contributed by atoms with E-state index in [2.05, 4.69) is 236 Å². The van der Waals surface area contributed by atoms with Gasteiger partial charge in [0.25, 0.3) is 0 Å². The summed E-state index contributed by atoms with van der Waals surface area (Å²) in [6.07, 6.45) is 5.69. The fourth-order valence-corrected chi connectivity index (χ4v) is 8.95. The summed E-state index contributed by atoms with van der Waals surface area (Å²) in [5, 5.41) is 7.79. The molecule has 0 saturated heterocycles. The summed E-state index contributed by atoms with van der Waals surface area (Å²) in [4.78, 5) is 4.89. The van der Waals surface area contributed by atoms with Gasteiger partial charge in [-0.25, -0.2) is 4.98 Å². The minimum Gasteiger partial charge on any atom is -0.458 e. The molecule has 0 unspecified atom stereocenters. The first-order valence-electron chi connectivity index (χ1n) is 23.2. The maximum atomic E-state index is 6.78. The van der Waals surface area contributed by atoms with E-state index in [-0.39, 0.29) is 16.2 Å². The molecule has 0 spiro atoms. The van der Waals surface area contributed by atoms with E-state index in [9.17, 15) is 0 Å². The molecule has 0 aliphatic heterocycles. The van der Waals surface area contributed by atoms with Crippen LogP contribution >= 0.6 is 0 Å². The van der Waals surface area contributed by atoms with Crippen LogP contribution in [-0.4, -0.2) is 19.3 Å². The lowest BCUT2D eigenvalue weighted by Crippen LogP contribution is -2.33. The molecular weight excluding hydrogens is 819 g/mol. The van der Waals surface area contributed by atoms with E-state index in [1.807, 2.05) is 29.1 Å². The van der Waals surface area contributed by atoms with Crippen molar-refractivity contribution >= 4 is 21.8 Å². The zero-order valence-electron chi connectivity index (χ0n) is 40.0. The first kappa shape index (κ1) is 43.3. The monoisotopic (exact) mass is 875 g/mol. The molecule has 0 atom stereocenters. The Morgan fingerprint density at radius 1 is 0.478 bits per heavy atom. The number of aromatic nitrogens is 5. The van der Waals surface area contributed by atoms with Crippen molar-refractivity contribution in [1.29, 1.82) is 0 Å². The Hall–Kier alpha value is -7.57. The summed E-state index contributed by atoms with van der Waals surface area (Å²) < 4.78 is 13.1. The highest BCUT2D eigenvalue weighted by atomic mass is 16.5. The zero-order valence-corrected chi connectivity index (χ0v) is 40.0. The number of ether oxygens (including phenoxy) is 1. The number of fused-ring (bicyclic) bond motifs is 3. The SMILES string of the molecule is CC(C)(C)c1cc(-c2nn(-c3cccc(Oc4ccc5c6ccccc6n(-c6cc(C(C)(C)C)ccn6)c5c4)c3)[c-][n+]2-c2c(-c3ccccc3)cccc2-c2ccccc2)cc(C(C)(C)C)c1. The lowest BCUT2D eigenvalue weighted by molar-refractivity contribution is -0.587. The van der Waals surface area contributed by atoms with Crippen LogP contribution in [0.1, 0.15) is 79.0 Å². The lowest BCUT2D eigenvalue weighted by Gasteiger charge is -2.26. The average Bonchev–Trinajstić information content (AvgIpc) is 3.91. The van der Waals surface area contributed by atoms with Crippen LogP contribution in [0.4, 0.5) is 0 Å². The number of rotatable bonds is 8. The molecule has 67 heavy (non-hydrogen) atoms. The van der Waals surface area contributed by atoms with Crippen molar-refractivity contribution in [3.8, 4) is 62.3 Å². The van der Waals surface area contributed by atoms with Gasteiger partial charge < -0.3 is 9.30 Å². The van der Waals surface area contributed by atoms with E-state index in [1.165, 1.54) is 22.1 Å². The fourth-order valence-electron chi connectivity index (χ4n) is 8.95. The van der Waals surface area contributed by atoms with Crippen LogP contribution in [0.3, 0.4) is 0 Å². The van der Waals surface area contributed by atoms with Crippen molar-refractivity contribution in [2.75, 3.05) is 0 Å². The molecule has 0 bridgehead atoms. The summed E-state index contributed by atoms with van der Waals surface area (Å²) in [5.74, 6) is 3.07. The third-order valence-corrected chi connectivity index (χ3v) is 12.7. The first-order valence-corrected chi connectivity index (χ1v) is 23.2. The van der Waals surface area contributed by atoms with Gasteiger partial charge in [-0.15, -0.1) is 0 Å². The van der Waals surface area contributed by atoms with E-state index in [0.717, 1.165) is 73.0 Å². The molecule has 0 aliphatic carbocycles. The van der Waals surface area contributed by atoms with Crippen LogP contribution in [0.5, 0.6) is 11.5 Å². The highest BCUT2D eigenvalue weighted by molar-refractivity contribution is 6.09. The maximum absolute atomic E-state index is 6.78. The second kappa shape index (κ2) is 16.7. The normalized spacial score (nSPS) is 12.3. The third kappa shape index (κ3) is 8.45. The molecule has 0 saturated carbocycles. The van der Waals surface area contributed by atoms with Gasteiger partial charge in [0, 0.05) is 34.3 Å². The Balaban J connectivity index is 1.14. The molecule has 6 heteroatoms. The van der Waals surface area contributed by atoms with Gasteiger partial charge in [0.15, 0.2) is 0 Å². The van der Waals surface area contributed by atoms with Gasteiger partial charge in [-0.3, -0.25) is 4.57 Å². The maximum Gasteiger partial charge on any atom is 0.231 e. The van der Waals surface area contributed by atoms with Crippen molar-refractivity contribution in [1.82, 2.24) is 19.3 Å². The Morgan fingerprint density at radius 3 is 1.70 bits per heavy atom. The fraction of sp³-hybridized carbons (Fsp3) is 0.197. The number of para-hydroxylation sites is 2. The summed E-state index contributed by atoms with van der Waals surface area (Å²) in [6.45, 7) is 20.4. The lowest BCUT2D eigenvalue weighted by atomic mass is 9.79. The van der Waals surface area contributed by atoms with Crippen LogP contribution in [0, 0.1) is 6.33 Å². The van der Waals surface area contributed by atoms with Crippen molar-refractivity contribution in [2.45, 2.75) is 78.6 Å². The molecule has 10 aromatic rings. The molecule has 0 N–H and O–H groups in total. The highest BCUT2D eigenvalue weighted by Gasteiger charge is 2.26.